The van der Waals surface area contributed by atoms with Crippen LogP contribution < -0.4 is 5.01 Å². The zero-order chi connectivity index (χ0) is 18.4. The van der Waals surface area contributed by atoms with Crippen LogP contribution in [0.25, 0.3) is 0 Å². The number of ether oxygens (including phenoxy) is 1. The molecule has 1 aromatic carbocycles. The van der Waals surface area contributed by atoms with Crippen LogP contribution in [0.15, 0.2) is 12.1 Å². The lowest BCUT2D eigenvalue weighted by Gasteiger charge is -2.09. The highest BCUT2D eigenvalue weighted by Gasteiger charge is 2.37. The summed E-state index contributed by atoms with van der Waals surface area (Å²) in [6.45, 7) is 2.00. The van der Waals surface area contributed by atoms with Gasteiger partial charge in [-0.2, -0.15) is 0 Å². The smallest absolute Gasteiger partial charge is 0.312 e. The van der Waals surface area contributed by atoms with Gasteiger partial charge in [0.25, 0.3) is 11.4 Å². The second kappa shape index (κ2) is 7.73. The van der Waals surface area contributed by atoms with E-state index in [9.17, 15) is 40.5 Å². The minimum absolute atomic E-state index is 0.0555. The summed E-state index contributed by atoms with van der Waals surface area (Å²) in [5.41, 5.74) is -4.07. The van der Waals surface area contributed by atoms with E-state index in [1.54, 1.807) is 0 Å². The molecule has 2 rings (SSSR count). The number of nitro benzene ring substituents is 3. The van der Waals surface area contributed by atoms with Gasteiger partial charge in [-0.3, -0.25) is 30.3 Å². The van der Waals surface area contributed by atoms with Gasteiger partial charge in [0.05, 0.1) is 34.0 Å². The van der Waals surface area contributed by atoms with Crippen LogP contribution in [0.2, 0.25) is 0 Å². The van der Waals surface area contributed by atoms with Gasteiger partial charge >= 0.3 is 11.4 Å². The van der Waals surface area contributed by atoms with E-state index < -0.39 is 42.6 Å². The van der Waals surface area contributed by atoms with Crippen LogP contribution in [-0.2, 0) is 4.74 Å². The molecular formula is C10H11N5O9. The zero-order valence-corrected chi connectivity index (χ0v) is 12.2. The molecule has 0 spiro atoms. The Bertz CT molecular complexity index is 648. The monoisotopic (exact) mass is 345 g/mol. The molecule has 1 aliphatic rings. The van der Waals surface area contributed by atoms with Crippen molar-refractivity contribution >= 4 is 22.7 Å². The van der Waals surface area contributed by atoms with Crippen LogP contribution in [0.5, 0.6) is 0 Å². The maximum atomic E-state index is 10.8. The fraction of sp³-hybridized carbons (Fsp3) is 0.400. The summed E-state index contributed by atoms with van der Waals surface area (Å²) in [5.74, 6) is 0. The molecule has 0 bridgehead atoms. The van der Waals surface area contributed by atoms with Gasteiger partial charge in [-0.15, -0.1) is 0 Å². The number of nitro groups is 4. The zero-order valence-electron chi connectivity index (χ0n) is 12.2. The molecule has 0 saturated carbocycles. The summed E-state index contributed by atoms with van der Waals surface area (Å²) in [5, 5.41) is 41.7. The molecule has 0 unspecified atom stereocenters. The van der Waals surface area contributed by atoms with Crippen molar-refractivity contribution in [3.05, 3.63) is 52.6 Å². The third-order valence-corrected chi connectivity index (χ3v) is 2.80. The number of non-ortho nitro benzene ring substituents is 1. The fourth-order valence-electron chi connectivity index (χ4n) is 1.53. The number of nitrogens with zero attached hydrogens (tertiary/aromatic N) is 5. The van der Waals surface area contributed by atoms with Gasteiger partial charge in [0.15, 0.2) is 5.03 Å². The highest BCUT2D eigenvalue weighted by Crippen LogP contribution is 2.40. The van der Waals surface area contributed by atoms with Crippen LogP contribution in [0.1, 0.15) is 6.42 Å². The number of benzene rings is 1. The van der Waals surface area contributed by atoms with Crippen molar-refractivity contribution in [3.63, 3.8) is 0 Å². The van der Waals surface area contributed by atoms with Crippen molar-refractivity contribution in [3.8, 4) is 0 Å². The van der Waals surface area contributed by atoms with Crippen molar-refractivity contribution in [1.82, 2.24) is 0 Å². The molecule has 1 aliphatic heterocycles. The van der Waals surface area contributed by atoms with Gasteiger partial charge in [0, 0.05) is 13.2 Å². The molecule has 0 aromatic heterocycles. The number of rotatable bonds is 5. The average molecular weight is 345 g/mol. The Morgan fingerprint density at radius 1 is 0.917 bits per heavy atom. The Kier molecular flexibility index (Phi) is 6.00. The first kappa shape index (κ1) is 18.6. The Hall–Kier alpha value is -3.42. The van der Waals surface area contributed by atoms with Crippen molar-refractivity contribution in [2.75, 3.05) is 25.3 Å². The van der Waals surface area contributed by atoms with Crippen molar-refractivity contribution < 1.29 is 24.5 Å². The number of hydrogen-bond acceptors (Lipinski definition) is 9. The Morgan fingerprint density at radius 3 is 1.50 bits per heavy atom. The van der Waals surface area contributed by atoms with Gasteiger partial charge in [-0.1, -0.05) is 5.01 Å². The standard InChI is InChI=1S/C7H5N5O8.C3H6O/c1-8(12(19)20)7-5(10(15)16)2-4(9(13)14)3-6(7)11(17)18;1-2-4-3-1/h2-3H,1H3;1-3H2. The van der Waals surface area contributed by atoms with Gasteiger partial charge in [0.1, 0.15) is 0 Å². The molecule has 14 nitrogen and oxygen atoms in total. The van der Waals surface area contributed by atoms with Gasteiger partial charge in [-0.05, 0) is 6.42 Å². The Labute approximate surface area is 132 Å². The quantitative estimate of drug-likeness (QED) is 0.558. The van der Waals surface area contributed by atoms with Crippen molar-refractivity contribution in [2.24, 2.45) is 0 Å². The van der Waals surface area contributed by atoms with E-state index in [0.717, 1.165) is 20.3 Å². The summed E-state index contributed by atoms with van der Waals surface area (Å²) in [6.07, 6.45) is 1.28. The third-order valence-electron chi connectivity index (χ3n) is 2.80. The molecule has 14 heteroatoms. The van der Waals surface area contributed by atoms with E-state index >= 15 is 0 Å². The van der Waals surface area contributed by atoms with Gasteiger partial charge in [0.2, 0.25) is 0 Å². The normalized spacial score (nSPS) is 12.2. The molecule has 1 fully saturated rings. The average Bonchev–Trinajstić information content (AvgIpc) is 2.42. The highest BCUT2D eigenvalue weighted by atomic mass is 16.7. The Balaban J connectivity index is 0.000000624. The lowest BCUT2D eigenvalue weighted by atomic mass is 10.2. The Morgan fingerprint density at radius 2 is 1.29 bits per heavy atom. The number of hydrogen-bond donors (Lipinski definition) is 0. The fourth-order valence-corrected chi connectivity index (χ4v) is 1.53. The molecule has 0 radical (unpaired) electrons. The molecule has 1 aromatic rings. The molecule has 1 heterocycles. The number of hydrazine groups is 1. The topological polar surface area (TPSA) is 185 Å². The molecule has 24 heavy (non-hydrogen) atoms. The van der Waals surface area contributed by atoms with E-state index in [2.05, 4.69) is 0 Å². The van der Waals surface area contributed by atoms with E-state index in [-0.39, 0.29) is 5.01 Å². The van der Waals surface area contributed by atoms with Crippen molar-refractivity contribution in [1.29, 1.82) is 0 Å². The van der Waals surface area contributed by atoms with E-state index in [1.807, 2.05) is 0 Å². The predicted octanol–water partition coefficient (Wildman–Crippen LogP) is 1.45. The van der Waals surface area contributed by atoms with Crippen LogP contribution >= 0.6 is 0 Å². The van der Waals surface area contributed by atoms with E-state index in [1.165, 1.54) is 6.42 Å². The maximum Gasteiger partial charge on any atom is 0.312 e. The summed E-state index contributed by atoms with van der Waals surface area (Å²) in [6, 6.07) is 0.838. The summed E-state index contributed by atoms with van der Waals surface area (Å²) in [4.78, 5) is 39.4. The molecular weight excluding hydrogens is 334 g/mol. The summed E-state index contributed by atoms with van der Waals surface area (Å²) < 4.78 is 4.72. The van der Waals surface area contributed by atoms with Gasteiger partial charge < -0.3 is 4.74 Å². The molecule has 130 valence electrons. The van der Waals surface area contributed by atoms with Crippen LogP contribution in [0.4, 0.5) is 22.7 Å². The first-order valence-electron chi connectivity index (χ1n) is 6.23. The first-order valence-corrected chi connectivity index (χ1v) is 6.23. The first-order chi connectivity index (χ1) is 11.2. The summed E-state index contributed by atoms with van der Waals surface area (Å²) >= 11 is 0. The minimum atomic E-state index is -1.17. The molecule has 0 aliphatic carbocycles. The van der Waals surface area contributed by atoms with E-state index in [4.69, 9.17) is 4.74 Å². The highest BCUT2D eigenvalue weighted by molar-refractivity contribution is 5.76. The number of anilines is 1. The molecule has 0 amide bonds. The summed E-state index contributed by atoms with van der Waals surface area (Å²) in [7, 11) is 0.751. The van der Waals surface area contributed by atoms with Crippen LogP contribution in [0, 0.1) is 40.5 Å². The second-order valence-corrected chi connectivity index (χ2v) is 4.33. The van der Waals surface area contributed by atoms with Crippen LogP contribution in [-0.4, -0.2) is 40.1 Å². The SMILES string of the molecule is C1COC1.CN(c1c([N+](=O)[O-])cc([N+](=O)[O-])cc1[N+](=O)[O-])[N+](=O)[O-]. The largest absolute Gasteiger partial charge is 0.381 e. The second-order valence-electron chi connectivity index (χ2n) is 4.33. The van der Waals surface area contributed by atoms with E-state index in [0.29, 0.717) is 12.1 Å². The van der Waals surface area contributed by atoms with Crippen LogP contribution in [0.3, 0.4) is 0 Å². The maximum absolute atomic E-state index is 10.8. The van der Waals surface area contributed by atoms with Gasteiger partial charge in [-0.25, -0.2) is 10.1 Å². The molecule has 1 saturated heterocycles. The molecule has 0 atom stereocenters. The van der Waals surface area contributed by atoms with Crippen molar-refractivity contribution in [2.45, 2.75) is 6.42 Å². The lowest BCUT2D eigenvalue weighted by Crippen LogP contribution is -2.26. The lowest BCUT2D eigenvalue weighted by molar-refractivity contribution is -0.493. The predicted molar refractivity (Wildman–Crippen MR) is 77.2 cm³/mol. The third kappa shape index (κ3) is 4.29. The molecule has 0 N–H and O–H groups in total. The minimum Gasteiger partial charge on any atom is -0.381 e.